The van der Waals surface area contributed by atoms with Crippen LogP contribution in [-0.2, 0) is 14.4 Å². The third-order valence-electron chi connectivity index (χ3n) is 13.6. The van der Waals surface area contributed by atoms with Gasteiger partial charge in [-0.2, -0.15) is 0 Å². The van der Waals surface area contributed by atoms with Crippen molar-refractivity contribution in [1.29, 1.82) is 0 Å². The summed E-state index contributed by atoms with van der Waals surface area (Å²) in [5, 5.41) is 9.57. The summed E-state index contributed by atoms with van der Waals surface area (Å²) in [5.41, 5.74) is 3.21. The highest BCUT2D eigenvalue weighted by atomic mass is 16.2. The average molecular weight is 845 g/mol. The highest BCUT2D eigenvalue weighted by molar-refractivity contribution is 5.99. The molecule has 62 heavy (non-hydrogen) atoms. The van der Waals surface area contributed by atoms with Crippen LogP contribution in [0.3, 0.4) is 0 Å². The number of hydrogen-bond acceptors (Lipinski definition) is 6. The number of amides is 5. The first kappa shape index (κ1) is 45.0. The lowest BCUT2D eigenvalue weighted by Crippen LogP contribution is -2.60. The zero-order valence-electron chi connectivity index (χ0n) is 36.9. The molecule has 2 heterocycles. The normalized spacial score (nSPS) is 24.3. The number of nitrogens with one attached hydrogen (secondary N) is 3. The van der Waals surface area contributed by atoms with Crippen molar-refractivity contribution >= 4 is 29.5 Å². The molecule has 2 aliphatic carbocycles. The number of likely N-dealkylation sites (tertiary alicyclic amines) is 1. The lowest BCUT2D eigenvalue weighted by molar-refractivity contribution is -0.133. The van der Waals surface area contributed by atoms with E-state index in [9.17, 15) is 24.0 Å². The van der Waals surface area contributed by atoms with Gasteiger partial charge >= 0.3 is 0 Å². The molecule has 3 aromatic rings. The van der Waals surface area contributed by atoms with Gasteiger partial charge in [-0.1, -0.05) is 126 Å². The molecule has 2 saturated carbocycles. The Morgan fingerprint density at radius 1 is 0.532 bits per heavy atom. The van der Waals surface area contributed by atoms with Gasteiger partial charge in [0.1, 0.15) is 6.04 Å². The number of nitrogens with zero attached hydrogens (tertiary/aromatic N) is 3. The Labute approximate surface area is 368 Å². The monoisotopic (exact) mass is 845 g/mol. The van der Waals surface area contributed by atoms with Crippen LogP contribution < -0.4 is 16.0 Å². The van der Waals surface area contributed by atoms with Crippen LogP contribution in [0, 0.1) is 11.8 Å². The highest BCUT2D eigenvalue weighted by Gasteiger charge is 2.49. The van der Waals surface area contributed by atoms with Crippen LogP contribution >= 0.6 is 0 Å². The first-order valence-corrected chi connectivity index (χ1v) is 23.7. The van der Waals surface area contributed by atoms with Gasteiger partial charge in [0.25, 0.3) is 11.8 Å². The second-order valence-electron chi connectivity index (χ2n) is 18.2. The smallest absolute Gasteiger partial charge is 0.253 e. The molecule has 3 aromatic carbocycles. The van der Waals surface area contributed by atoms with Gasteiger partial charge in [-0.15, -0.1) is 0 Å². The summed E-state index contributed by atoms with van der Waals surface area (Å²) in [5.74, 6) is -1.76. The molecule has 7 rings (SSSR count). The van der Waals surface area contributed by atoms with Gasteiger partial charge < -0.3 is 25.8 Å². The fraction of sp³-hybridized carbons (Fsp3) is 0.549. The molecule has 4 aliphatic rings. The lowest BCUT2D eigenvalue weighted by atomic mass is 9.94. The SMILES string of the molecule is CCCCCCCCN1CCN(C(=O)c2ccc(C(=O)N3C[C@@H](C(=O)N[C@H]4C[C@@H]4c4ccccc4)[C@H](C(=O)N[C@H]4C[C@@H]4c4ccccc4)C3)cc2)CC1C(=O)NCCCCCC. The average Bonchev–Trinajstić information content (AvgIpc) is 4.22. The standard InChI is InChI=1S/C51H68N6O5/c1-3-5-7-9-10-18-28-55-29-30-56(35-46(55)49(60)52-27-17-8-6-4-2)50(61)38-23-25-39(26-24-38)51(62)57-33-42(47(58)53-44-31-40(44)36-19-13-11-14-20-36)43(34-57)48(59)54-45-32-41(45)37-21-15-12-16-22-37/h11-16,19-26,40-46H,3-10,17-18,27-35H2,1-2H3,(H,52,60)(H,53,58)(H,54,59)/t40-,41-,42-,43-,44+,45+,46?/m1/s1. The molecular formula is C51H68N6O5. The molecule has 1 unspecified atom stereocenters. The van der Waals surface area contributed by atoms with E-state index in [1.54, 1.807) is 34.1 Å². The van der Waals surface area contributed by atoms with Crippen LogP contribution in [-0.4, -0.2) is 108 Å². The molecule has 0 aromatic heterocycles. The molecule has 4 fully saturated rings. The fourth-order valence-electron chi connectivity index (χ4n) is 9.55. The van der Waals surface area contributed by atoms with E-state index < -0.39 is 17.9 Å². The summed E-state index contributed by atoms with van der Waals surface area (Å²) in [6.45, 7) is 7.60. The molecule has 2 aliphatic heterocycles. The van der Waals surface area contributed by atoms with Crippen LogP contribution in [0.15, 0.2) is 84.9 Å². The molecule has 11 nitrogen and oxygen atoms in total. The molecule has 332 valence electrons. The number of piperazine rings is 1. The van der Waals surface area contributed by atoms with Gasteiger partial charge in [0, 0.05) is 74.3 Å². The quantitative estimate of drug-likeness (QED) is 0.100. The number of carbonyl (C=O) groups is 5. The minimum Gasteiger partial charge on any atom is -0.355 e. The third kappa shape index (κ3) is 11.7. The number of rotatable bonds is 21. The van der Waals surface area contributed by atoms with Crippen molar-refractivity contribution in [2.75, 3.05) is 45.8 Å². The second-order valence-corrected chi connectivity index (χ2v) is 18.2. The van der Waals surface area contributed by atoms with Crippen molar-refractivity contribution in [3.63, 3.8) is 0 Å². The first-order valence-electron chi connectivity index (χ1n) is 23.7. The molecule has 0 bridgehead atoms. The predicted molar refractivity (Wildman–Crippen MR) is 243 cm³/mol. The number of hydrogen-bond donors (Lipinski definition) is 3. The third-order valence-corrected chi connectivity index (χ3v) is 13.6. The van der Waals surface area contributed by atoms with Gasteiger partial charge in [0.2, 0.25) is 17.7 Å². The van der Waals surface area contributed by atoms with Gasteiger partial charge in [0.15, 0.2) is 0 Å². The maximum atomic E-state index is 14.1. The predicted octanol–water partition coefficient (Wildman–Crippen LogP) is 6.90. The first-order chi connectivity index (χ1) is 30.2. The van der Waals surface area contributed by atoms with E-state index in [0.717, 1.165) is 57.9 Å². The van der Waals surface area contributed by atoms with E-state index in [1.165, 1.54) is 36.8 Å². The maximum absolute atomic E-state index is 14.1. The molecular weight excluding hydrogens is 777 g/mol. The summed E-state index contributed by atoms with van der Waals surface area (Å²) in [7, 11) is 0. The van der Waals surface area contributed by atoms with Gasteiger partial charge in [-0.25, -0.2) is 0 Å². The summed E-state index contributed by atoms with van der Waals surface area (Å²) >= 11 is 0. The Kier molecular flexibility index (Phi) is 15.9. The summed E-state index contributed by atoms with van der Waals surface area (Å²) in [6, 6.07) is 26.5. The molecule has 2 saturated heterocycles. The summed E-state index contributed by atoms with van der Waals surface area (Å²) < 4.78 is 0. The Balaban J connectivity index is 0.977. The van der Waals surface area contributed by atoms with Crippen molar-refractivity contribution in [3.05, 3.63) is 107 Å². The van der Waals surface area contributed by atoms with Crippen molar-refractivity contribution in [2.24, 2.45) is 11.8 Å². The number of carbonyl (C=O) groups excluding carboxylic acids is 5. The van der Waals surface area contributed by atoms with E-state index in [0.29, 0.717) is 37.3 Å². The second kappa shape index (κ2) is 21.9. The van der Waals surface area contributed by atoms with Crippen molar-refractivity contribution in [3.8, 4) is 0 Å². The van der Waals surface area contributed by atoms with Gasteiger partial charge in [-0.05, 0) is 67.6 Å². The number of unbranched alkanes of at least 4 members (excludes halogenated alkanes) is 8. The Hall–Kier alpha value is -5.03. The van der Waals surface area contributed by atoms with Gasteiger partial charge in [0.05, 0.1) is 11.8 Å². The summed E-state index contributed by atoms with van der Waals surface area (Å²) in [4.78, 5) is 75.1. The van der Waals surface area contributed by atoms with Crippen LogP contribution in [0.1, 0.15) is 135 Å². The Morgan fingerprint density at radius 2 is 1.02 bits per heavy atom. The molecule has 0 radical (unpaired) electrons. The van der Waals surface area contributed by atoms with E-state index in [4.69, 9.17) is 0 Å². The molecule has 5 amide bonds. The highest BCUT2D eigenvalue weighted by Crippen LogP contribution is 2.42. The molecule has 7 atom stereocenters. The van der Waals surface area contributed by atoms with E-state index >= 15 is 0 Å². The van der Waals surface area contributed by atoms with Crippen LogP contribution in [0.25, 0.3) is 0 Å². The van der Waals surface area contributed by atoms with Crippen LogP contribution in [0.4, 0.5) is 0 Å². The molecule has 0 spiro atoms. The zero-order valence-corrected chi connectivity index (χ0v) is 36.9. The topological polar surface area (TPSA) is 131 Å². The Bertz CT molecular complexity index is 1880. The Morgan fingerprint density at radius 3 is 1.55 bits per heavy atom. The largest absolute Gasteiger partial charge is 0.355 e. The molecule has 3 N–H and O–H groups in total. The van der Waals surface area contributed by atoms with E-state index in [2.05, 4.69) is 59.0 Å². The maximum Gasteiger partial charge on any atom is 0.253 e. The van der Waals surface area contributed by atoms with Crippen molar-refractivity contribution < 1.29 is 24.0 Å². The zero-order chi connectivity index (χ0) is 43.4. The van der Waals surface area contributed by atoms with Crippen molar-refractivity contribution in [2.45, 2.75) is 121 Å². The minimum absolute atomic E-state index is 0.00199. The van der Waals surface area contributed by atoms with Crippen molar-refractivity contribution in [1.82, 2.24) is 30.7 Å². The van der Waals surface area contributed by atoms with Crippen LogP contribution in [0.5, 0.6) is 0 Å². The minimum atomic E-state index is -0.688. The lowest BCUT2D eigenvalue weighted by Gasteiger charge is -2.40. The van der Waals surface area contributed by atoms with Crippen LogP contribution in [0.2, 0.25) is 0 Å². The fourth-order valence-corrected chi connectivity index (χ4v) is 9.55. The van der Waals surface area contributed by atoms with Gasteiger partial charge in [-0.3, -0.25) is 28.9 Å². The number of benzene rings is 3. The molecule has 11 heteroatoms. The van der Waals surface area contributed by atoms with E-state index in [1.807, 2.05) is 36.4 Å². The summed E-state index contributed by atoms with van der Waals surface area (Å²) in [6.07, 6.45) is 13.1. The van der Waals surface area contributed by atoms with E-state index in [-0.39, 0.29) is 66.5 Å².